The summed E-state index contributed by atoms with van der Waals surface area (Å²) in [6, 6.07) is 8.01. The summed E-state index contributed by atoms with van der Waals surface area (Å²) in [6.45, 7) is -2.14. The maximum atomic E-state index is 15.3. The van der Waals surface area contributed by atoms with Crippen molar-refractivity contribution in [2.24, 2.45) is 0 Å². The van der Waals surface area contributed by atoms with E-state index in [-0.39, 0.29) is 41.0 Å². The second-order valence-electron chi connectivity index (χ2n) is 9.80. The van der Waals surface area contributed by atoms with E-state index in [0.717, 1.165) is 6.08 Å². The van der Waals surface area contributed by atoms with E-state index in [1.165, 1.54) is 60.6 Å². The fraction of sp³-hybridized carbons (Fsp3) is 0.233. The summed E-state index contributed by atoms with van der Waals surface area (Å²) < 4.78 is 71.6. The number of likely N-dealkylation sites (N-methyl/N-ethyl adjacent to an activating group) is 1. The summed E-state index contributed by atoms with van der Waals surface area (Å²) in [5.41, 5.74) is 1.22. The monoisotopic (exact) mass is 605 g/mol. The molecule has 0 saturated carbocycles. The van der Waals surface area contributed by atoms with Gasteiger partial charge in [-0.05, 0) is 44.6 Å². The molecular weight excluding hydrogens is 574 g/mol. The Balaban J connectivity index is 1.27. The number of ether oxygens (including phenoxy) is 3. The SMILES string of the molecule is [2H]C([2H])([2H])N1CCC[C@@H]1/C=C(\F)C(=O)Nc1cc2c(Nc3cc(F)c(Oc4ccn5ncnc5c4)cc3OC)ncnc2cc1OC. The number of anilines is 3. The Morgan fingerprint density at radius 2 is 1.91 bits per heavy atom. The maximum absolute atomic E-state index is 15.3. The molecule has 1 amide bonds. The van der Waals surface area contributed by atoms with Gasteiger partial charge in [-0.3, -0.25) is 9.69 Å². The lowest BCUT2D eigenvalue weighted by atomic mass is 10.1. The number of benzene rings is 2. The molecule has 6 rings (SSSR count). The van der Waals surface area contributed by atoms with Gasteiger partial charge in [-0.2, -0.15) is 5.10 Å². The predicted octanol–water partition coefficient (Wildman–Crippen LogP) is 5.25. The summed E-state index contributed by atoms with van der Waals surface area (Å²) in [5.74, 6) is -2.08. The Kier molecular flexibility index (Phi) is 6.91. The van der Waals surface area contributed by atoms with Gasteiger partial charge >= 0.3 is 0 Å². The van der Waals surface area contributed by atoms with Gasteiger partial charge in [-0.25, -0.2) is 28.2 Å². The lowest BCUT2D eigenvalue weighted by Crippen LogP contribution is -2.24. The molecule has 0 bridgehead atoms. The van der Waals surface area contributed by atoms with E-state index in [1.807, 2.05) is 0 Å². The van der Waals surface area contributed by atoms with Gasteiger partial charge in [0.1, 0.15) is 35.7 Å². The lowest BCUT2D eigenvalue weighted by Gasteiger charge is -2.17. The number of methoxy groups -OCH3 is 2. The second kappa shape index (κ2) is 12.1. The van der Waals surface area contributed by atoms with Crippen LogP contribution in [0.3, 0.4) is 0 Å². The Labute approximate surface area is 254 Å². The van der Waals surface area contributed by atoms with Crippen molar-refractivity contribution in [1.82, 2.24) is 29.5 Å². The Bertz CT molecular complexity index is 2010. The summed E-state index contributed by atoms with van der Waals surface area (Å²) in [7, 11) is 2.78. The molecule has 0 aliphatic carbocycles. The standard InChI is InChI=1S/C30H28F2N8O4/c1-39-7-4-5-17(39)9-21(32)30(41)38-23-11-19-22(13-26(23)42-2)33-15-35-29(19)37-24-12-20(31)25(14-27(24)43-3)44-18-6-8-40-28(10-18)34-16-36-40/h6,8-17H,4-5,7H2,1-3H3,(H,38,41)(H,33,35,37)/b21-9-/t17-/m1/s1/i1D3. The number of fused-ring (bicyclic) bond motifs is 2. The van der Waals surface area contributed by atoms with Gasteiger partial charge in [-0.1, -0.05) is 0 Å². The van der Waals surface area contributed by atoms with Crippen LogP contribution in [0.1, 0.15) is 17.0 Å². The minimum atomic E-state index is -2.41. The molecule has 0 radical (unpaired) electrons. The summed E-state index contributed by atoms with van der Waals surface area (Å²) in [5, 5.41) is 9.92. The Hall–Kier alpha value is -5.37. The summed E-state index contributed by atoms with van der Waals surface area (Å²) >= 11 is 0. The van der Waals surface area contributed by atoms with Crippen LogP contribution < -0.4 is 24.8 Å². The van der Waals surface area contributed by atoms with Crippen molar-refractivity contribution >= 4 is 39.6 Å². The number of hydrogen-bond acceptors (Lipinski definition) is 10. The first-order valence-electron chi connectivity index (χ1n) is 14.9. The van der Waals surface area contributed by atoms with Gasteiger partial charge < -0.3 is 24.8 Å². The molecule has 226 valence electrons. The molecule has 1 atom stereocenters. The molecule has 5 aromatic rings. The van der Waals surface area contributed by atoms with E-state index in [2.05, 4.69) is 30.7 Å². The van der Waals surface area contributed by atoms with Gasteiger partial charge in [0.05, 0.1) is 31.1 Å². The smallest absolute Gasteiger partial charge is 0.284 e. The lowest BCUT2D eigenvalue weighted by molar-refractivity contribution is -0.114. The third-order valence-corrected chi connectivity index (χ3v) is 7.05. The molecule has 0 spiro atoms. The quantitative estimate of drug-likeness (QED) is 0.215. The number of carbonyl (C=O) groups is 1. The van der Waals surface area contributed by atoms with Crippen LogP contribution in [0.2, 0.25) is 0 Å². The highest BCUT2D eigenvalue weighted by molar-refractivity contribution is 6.05. The van der Waals surface area contributed by atoms with E-state index >= 15 is 8.78 Å². The van der Waals surface area contributed by atoms with Crippen LogP contribution in [0, 0.1) is 5.82 Å². The number of rotatable bonds is 9. The van der Waals surface area contributed by atoms with Crippen molar-refractivity contribution in [3.05, 3.63) is 73.0 Å². The molecule has 1 aliphatic rings. The Morgan fingerprint density at radius 3 is 2.73 bits per heavy atom. The van der Waals surface area contributed by atoms with Crippen molar-refractivity contribution in [2.75, 3.05) is 38.4 Å². The molecule has 0 unspecified atom stereocenters. The molecule has 4 heterocycles. The topological polar surface area (TPSA) is 128 Å². The molecule has 1 aliphatic heterocycles. The van der Waals surface area contributed by atoms with Gasteiger partial charge in [0.15, 0.2) is 23.0 Å². The average Bonchev–Trinajstić information content (AvgIpc) is 3.72. The average molecular weight is 606 g/mol. The number of likely N-dealkylation sites (tertiary alicyclic amines) is 1. The highest BCUT2D eigenvalue weighted by atomic mass is 19.1. The number of nitrogens with one attached hydrogen (secondary N) is 2. The van der Waals surface area contributed by atoms with Crippen molar-refractivity contribution in [1.29, 1.82) is 0 Å². The molecule has 14 heteroatoms. The zero-order chi connectivity index (χ0) is 33.3. The highest BCUT2D eigenvalue weighted by Gasteiger charge is 2.23. The molecular formula is C30H28F2N8O4. The molecule has 12 nitrogen and oxygen atoms in total. The van der Waals surface area contributed by atoms with E-state index in [0.29, 0.717) is 35.1 Å². The molecule has 2 N–H and O–H groups in total. The van der Waals surface area contributed by atoms with Crippen LogP contribution in [0.4, 0.5) is 26.0 Å². The minimum Gasteiger partial charge on any atom is -0.494 e. The number of hydrogen-bond donors (Lipinski definition) is 2. The number of amides is 1. The molecule has 1 saturated heterocycles. The molecule has 44 heavy (non-hydrogen) atoms. The van der Waals surface area contributed by atoms with Crippen LogP contribution >= 0.6 is 0 Å². The molecule has 1 fully saturated rings. The van der Waals surface area contributed by atoms with E-state index in [4.69, 9.17) is 18.3 Å². The first-order valence-corrected chi connectivity index (χ1v) is 13.4. The maximum Gasteiger partial charge on any atom is 0.284 e. The zero-order valence-electron chi connectivity index (χ0n) is 26.5. The van der Waals surface area contributed by atoms with Gasteiger partial charge in [0.25, 0.3) is 5.91 Å². The fourth-order valence-electron chi connectivity index (χ4n) is 4.84. The third-order valence-electron chi connectivity index (χ3n) is 7.05. The van der Waals surface area contributed by atoms with Crippen LogP contribution in [0.25, 0.3) is 16.6 Å². The van der Waals surface area contributed by atoms with Gasteiger partial charge in [0.2, 0.25) is 0 Å². The van der Waals surface area contributed by atoms with Gasteiger partial charge in [0, 0.05) is 46.0 Å². The minimum absolute atomic E-state index is 0.0945. The van der Waals surface area contributed by atoms with Crippen molar-refractivity contribution < 1.29 is 31.9 Å². The van der Waals surface area contributed by atoms with Crippen molar-refractivity contribution in [3.63, 3.8) is 0 Å². The van der Waals surface area contributed by atoms with Crippen LogP contribution in [0.15, 0.2) is 67.2 Å². The van der Waals surface area contributed by atoms with Crippen LogP contribution in [-0.4, -0.2) is 69.2 Å². The fourth-order valence-corrected chi connectivity index (χ4v) is 4.84. The van der Waals surface area contributed by atoms with E-state index < -0.39 is 30.6 Å². The number of carbonyl (C=O) groups excluding carboxylic acids is 1. The predicted molar refractivity (Wildman–Crippen MR) is 159 cm³/mol. The Morgan fingerprint density at radius 1 is 1.07 bits per heavy atom. The van der Waals surface area contributed by atoms with Crippen LogP contribution in [-0.2, 0) is 4.79 Å². The summed E-state index contributed by atoms with van der Waals surface area (Å²) in [6.07, 6.45) is 6.28. The van der Waals surface area contributed by atoms with E-state index in [1.54, 1.807) is 18.3 Å². The van der Waals surface area contributed by atoms with Gasteiger partial charge in [-0.15, -0.1) is 0 Å². The first kappa shape index (κ1) is 25.2. The van der Waals surface area contributed by atoms with Crippen LogP contribution in [0.5, 0.6) is 23.0 Å². The largest absolute Gasteiger partial charge is 0.494 e. The normalized spacial score (nSPS) is 16.8. The zero-order valence-corrected chi connectivity index (χ0v) is 23.5. The molecule has 2 aromatic carbocycles. The number of pyridine rings is 1. The number of nitrogens with zero attached hydrogens (tertiary/aromatic N) is 6. The first-order chi connectivity index (χ1) is 22.5. The van der Waals surface area contributed by atoms with E-state index in [9.17, 15) is 4.79 Å². The number of aromatic nitrogens is 5. The highest BCUT2D eigenvalue weighted by Crippen LogP contribution is 2.38. The summed E-state index contributed by atoms with van der Waals surface area (Å²) in [4.78, 5) is 26.7. The van der Waals surface area contributed by atoms with Crippen molar-refractivity contribution in [3.8, 4) is 23.0 Å². The number of halogens is 2. The third kappa shape index (κ3) is 5.79. The second-order valence-corrected chi connectivity index (χ2v) is 9.80. The van der Waals surface area contributed by atoms with Crippen molar-refractivity contribution in [2.45, 2.75) is 18.9 Å². The molecule has 3 aromatic heterocycles.